The Morgan fingerprint density at radius 1 is 1.11 bits per heavy atom. The van der Waals surface area contributed by atoms with Gasteiger partial charge in [0.15, 0.2) is 5.54 Å². The third-order valence-electron chi connectivity index (χ3n) is 3.94. The average molecular weight is 418 g/mol. The first kappa shape index (κ1) is 21.1. The molecule has 0 radical (unpaired) electrons. The molecule has 1 aliphatic heterocycles. The molecule has 0 saturated carbocycles. The highest BCUT2D eigenvalue weighted by Gasteiger charge is 2.46. The first-order chi connectivity index (χ1) is 12.3. The predicted molar refractivity (Wildman–Crippen MR) is 96.3 cm³/mol. The van der Waals surface area contributed by atoms with Crippen molar-refractivity contribution in [2.24, 2.45) is 0 Å². The summed E-state index contributed by atoms with van der Waals surface area (Å²) in [6.07, 6.45) is 0.0489. The molecule has 0 aliphatic carbocycles. The van der Waals surface area contributed by atoms with Crippen molar-refractivity contribution < 1.29 is 32.2 Å². The van der Waals surface area contributed by atoms with E-state index in [4.69, 9.17) is 9.47 Å². The van der Waals surface area contributed by atoms with Crippen LogP contribution in [0.1, 0.15) is 6.42 Å². The Bertz CT molecular complexity index is 896. The van der Waals surface area contributed by atoms with Crippen LogP contribution in [0.15, 0.2) is 53.4 Å². The van der Waals surface area contributed by atoms with E-state index in [1.807, 2.05) is 0 Å². The summed E-state index contributed by atoms with van der Waals surface area (Å²) in [6, 6.07) is 10.8. The summed E-state index contributed by atoms with van der Waals surface area (Å²) in [6.45, 7) is -0.0629. The number of hydrogen-bond acceptors (Lipinski definition) is 5. The number of carboxylic acid groups (broad SMARTS) is 1. The van der Waals surface area contributed by atoms with E-state index >= 15 is 0 Å². The molecule has 2 aromatic rings. The molecule has 3 rings (SSSR count). The molecule has 0 aromatic heterocycles. The summed E-state index contributed by atoms with van der Waals surface area (Å²) in [5.41, 5.74) is -1.66. The number of benzene rings is 2. The Balaban J connectivity index is 0.00000261. The molecular formula is C17H17ClFNO6S. The molecule has 2 aromatic carbocycles. The van der Waals surface area contributed by atoms with Crippen LogP contribution < -0.4 is 9.46 Å². The van der Waals surface area contributed by atoms with Gasteiger partial charge in [-0.25, -0.2) is 12.8 Å². The maximum Gasteiger partial charge on any atom is 0.327 e. The average Bonchev–Trinajstić information content (AvgIpc) is 3.07. The number of sulfonamides is 1. The van der Waals surface area contributed by atoms with Crippen molar-refractivity contribution >= 4 is 28.4 Å². The van der Waals surface area contributed by atoms with Gasteiger partial charge in [0.2, 0.25) is 10.0 Å². The first-order valence-electron chi connectivity index (χ1n) is 7.69. The van der Waals surface area contributed by atoms with Gasteiger partial charge >= 0.3 is 5.97 Å². The monoisotopic (exact) mass is 417 g/mol. The van der Waals surface area contributed by atoms with Crippen molar-refractivity contribution in [3.63, 3.8) is 0 Å². The molecule has 0 amide bonds. The van der Waals surface area contributed by atoms with Crippen molar-refractivity contribution in [1.29, 1.82) is 0 Å². The molecule has 27 heavy (non-hydrogen) atoms. The van der Waals surface area contributed by atoms with Crippen LogP contribution in [0, 0.1) is 5.82 Å². The normalized spacial score (nSPS) is 19.3. The SMILES string of the molecule is Cl.O=C(O)[C@@]1(NS(=O)(=O)c2ccc(Oc3ccc(F)cc3)cc2)CCOC1. The van der Waals surface area contributed by atoms with E-state index in [0.29, 0.717) is 11.5 Å². The van der Waals surface area contributed by atoms with Gasteiger partial charge in [0, 0.05) is 13.0 Å². The van der Waals surface area contributed by atoms with Crippen LogP contribution >= 0.6 is 12.4 Å². The summed E-state index contributed by atoms with van der Waals surface area (Å²) < 4.78 is 50.6. The second-order valence-corrected chi connectivity index (χ2v) is 7.51. The molecular weight excluding hydrogens is 401 g/mol. The molecule has 146 valence electrons. The lowest BCUT2D eigenvalue weighted by molar-refractivity contribution is -0.144. The maximum absolute atomic E-state index is 12.9. The summed E-state index contributed by atoms with van der Waals surface area (Å²) in [5.74, 6) is -0.927. The third kappa shape index (κ3) is 4.75. The van der Waals surface area contributed by atoms with Crippen LogP contribution in [0.25, 0.3) is 0 Å². The molecule has 1 fully saturated rings. The van der Waals surface area contributed by atoms with Crippen LogP contribution in [0.5, 0.6) is 11.5 Å². The zero-order valence-corrected chi connectivity index (χ0v) is 15.6. The number of halogens is 2. The second-order valence-electron chi connectivity index (χ2n) is 5.82. The largest absolute Gasteiger partial charge is 0.480 e. The molecule has 1 saturated heterocycles. The van der Waals surface area contributed by atoms with E-state index in [-0.39, 0.29) is 36.9 Å². The minimum atomic E-state index is -4.06. The van der Waals surface area contributed by atoms with Crippen molar-refractivity contribution in [2.75, 3.05) is 13.2 Å². The van der Waals surface area contributed by atoms with Gasteiger partial charge in [-0.15, -0.1) is 12.4 Å². The minimum absolute atomic E-state index is 0. The lowest BCUT2D eigenvalue weighted by Crippen LogP contribution is -2.54. The highest BCUT2D eigenvalue weighted by Crippen LogP contribution is 2.25. The summed E-state index contributed by atoms with van der Waals surface area (Å²) >= 11 is 0. The maximum atomic E-state index is 12.9. The fourth-order valence-corrected chi connectivity index (χ4v) is 3.87. The number of carbonyl (C=O) groups is 1. The predicted octanol–water partition coefficient (Wildman–Crippen LogP) is 2.56. The lowest BCUT2D eigenvalue weighted by Gasteiger charge is -2.23. The van der Waals surface area contributed by atoms with Gasteiger partial charge in [-0.05, 0) is 48.5 Å². The fraction of sp³-hybridized carbons (Fsp3) is 0.235. The molecule has 10 heteroatoms. The number of nitrogens with one attached hydrogen (secondary N) is 1. The van der Waals surface area contributed by atoms with E-state index in [1.54, 1.807) is 0 Å². The molecule has 1 heterocycles. The number of ether oxygens (including phenoxy) is 2. The zero-order valence-electron chi connectivity index (χ0n) is 13.9. The van der Waals surface area contributed by atoms with Crippen LogP contribution in [-0.2, 0) is 19.6 Å². The van der Waals surface area contributed by atoms with E-state index in [0.717, 1.165) is 0 Å². The highest BCUT2D eigenvalue weighted by molar-refractivity contribution is 7.89. The zero-order chi connectivity index (χ0) is 18.8. The second kappa shape index (κ2) is 8.22. The van der Waals surface area contributed by atoms with E-state index in [9.17, 15) is 22.7 Å². The summed E-state index contributed by atoms with van der Waals surface area (Å²) in [7, 11) is -4.06. The minimum Gasteiger partial charge on any atom is -0.480 e. The fourth-order valence-electron chi connectivity index (χ4n) is 2.50. The number of rotatable bonds is 6. The van der Waals surface area contributed by atoms with Gasteiger partial charge in [-0.1, -0.05) is 0 Å². The third-order valence-corrected chi connectivity index (χ3v) is 5.50. The van der Waals surface area contributed by atoms with E-state index in [1.165, 1.54) is 48.5 Å². The van der Waals surface area contributed by atoms with Gasteiger partial charge in [-0.3, -0.25) is 4.79 Å². The summed E-state index contributed by atoms with van der Waals surface area (Å²) in [5, 5.41) is 9.35. The van der Waals surface area contributed by atoms with Gasteiger partial charge < -0.3 is 14.6 Å². The Morgan fingerprint density at radius 2 is 1.67 bits per heavy atom. The van der Waals surface area contributed by atoms with Crippen LogP contribution in [-0.4, -0.2) is 38.2 Å². The molecule has 1 aliphatic rings. The Labute approximate surface area is 161 Å². The first-order valence-corrected chi connectivity index (χ1v) is 9.18. The van der Waals surface area contributed by atoms with E-state index < -0.39 is 27.3 Å². The molecule has 2 N–H and O–H groups in total. The molecule has 7 nitrogen and oxygen atoms in total. The topological polar surface area (TPSA) is 102 Å². The molecule has 0 bridgehead atoms. The van der Waals surface area contributed by atoms with Crippen molar-refractivity contribution in [3.8, 4) is 11.5 Å². The molecule has 0 spiro atoms. The quantitative estimate of drug-likeness (QED) is 0.749. The van der Waals surface area contributed by atoms with Gasteiger partial charge in [0.1, 0.15) is 17.3 Å². The Kier molecular flexibility index (Phi) is 6.42. The summed E-state index contributed by atoms with van der Waals surface area (Å²) in [4.78, 5) is 11.4. The lowest BCUT2D eigenvalue weighted by atomic mass is 10.0. The van der Waals surface area contributed by atoms with Crippen molar-refractivity contribution in [3.05, 3.63) is 54.3 Å². The number of carboxylic acids is 1. The van der Waals surface area contributed by atoms with Gasteiger partial charge in [0.05, 0.1) is 11.5 Å². The number of aliphatic carboxylic acids is 1. The van der Waals surface area contributed by atoms with Crippen LogP contribution in [0.2, 0.25) is 0 Å². The van der Waals surface area contributed by atoms with E-state index in [2.05, 4.69) is 4.72 Å². The van der Waals surface area contributed by atoms with Gasteiger partial charge in [0.25, 0.3) is 0 Å². The van der Waals surface area contributed by atoms with Crippen molar-refractivity contribution in [1.82, 2.24) is 4.72 Å². The van der Waals surface area contributed by atoms with Gasteiger partial charge in [-0.2, -0.15) is 4.72 Å². The number of hydrogen-bond donors (Lipinski definition) is 2. The van der Waals surface area contributed by atoms with Crippen molar-refractivity contribution in [2.45, 2.75) is 16.9 Å². The molecule has 1 atom stereocenters. The molecule has 0 unspecified atom stereocenters. The highest BCUT2D eigenvalue weighted by atomic mass is 35.5. The Hall–Kier alpha value is -2.20. The standard InChI is InChI=1S/C17H16FNO6S.ClH/c18-12-1-3-13(4-2-12)25-14-5-7-15(8-6-14)26(22,23)19-17(16(20)21)9-10-24-11-17;/h1-8,19H,9-11H2,(H,20,21);1H/t17-;/m1./s1. The van der Waals surface area contributed by atoms with Crippen LogP contribution in [0.3, 0.4) is 0 Å². The van der Waals surface area contributed by atoms with Crippen LogP contribution in [0.4, 0.5) is 4.39 Å². The smallest absolute Gasteiger partial charge is 0.327 e. The Morgan fingerprint density at radius 3 is 2.15 bits per heavy atom.